The predicted octanol–water partition coefficient (Wildman–Crippen LogP) is 2.35. The minimum absolute atomic E-state index is 0.437. The fourth-order valence-electron chi connectivity index (χ4n) is 1.54. The summed E-state index contributed by atoms with van der Waals surface area (Å²) in [4.78, 5) is 4.32. The van der Waals surface area contributed by atoms with E-state index in [0.29, 0.717) is 6.17 Å². The van der Waals surface area contributed by atoms with Crippen molar-refractivity contribution < 1.29 is 0 Å². The summed E-state index contributed by atoms with van der Waals surface area (Å²) in [6.07, 6.45) is 10.5. The number of hydrogen-bond acceptors (Lipinski definition) is 2. The fraction of sp³-hybridized carbons (Fsp3) is 0.900. The van der Waals surface area contributed by atoms with E-state index in [-0.39, 0.29) is 0 Å². The Morgan fingerprint density at radius 2 is 2.17 bits per heavy atom. The second kappa shape index (κ2) is 6.18. The van der Waals surface area contributed by atoms with Gasteiger partial charge in [-0.1, -0.05) is 32.6 Å². The summed E-state index contributed by atoms with van der Waals surface area (Å²) >= 11 is 0. The molecule has 1 rings (SSSR count). The highest BCUT2D eigenvalue weighted by Gasteiger charge is 2.07. The fourth-order valence-corrected chi connectivity index (χ4v) is 1.54. The summed E-state index contributed by atoms with van der Waals surface area (Å²) in [5.41, 5.74) is 0. The van der Waals surface area contributed by atoms with Gasteiger partial charge in [0, 0.05) is 12.8 Å². The van der Waals surface area contributed by atoms with Crippen LogP contribution in [0.4, 0.5) is 0 Å². The minimum Gasteiger partial charge on any atom is -0.291 e. The van der Waals surface area contributed by atoms with Crippen LogP contribution in [-0.2, 0) is 0 Å². The van der Waals surface area contributed by atoms with Crippen LogP contribution in [0.5, 0.6) is 0 Å². The Bertz CT molecular complexity index is 132. The van der Waals surface area contributed by atoms with E-state index in [4.69, 9.17) is 0 Å². The number of unbranched alkanes of at least 4 members (excludes halogenated alkanes) is 4. The smallest absolute Gasteiger partial charge is 0.0993 e. The zero-order valence-electron chi connectivity index (χ0n) is 8.05. The van der Waals surface area contributed by atoms with Crippen molar-refractivity contribution in [3.8, 4) is 0 Å². The molecule has 0 aromatic heterocycles. The molecule has 0 amide bonds. The van der Waals surface area contributed by atoms with Gasteiger partial charge in [0.2, 0.25) is 0 Å². The lowest BCUT2D eigenvalue weighted by molar-refractivity contribution is 0.508. The maximum Gasteiger partial charge on any atom is 0.0993 e. The van der Waals surface area contributed by atoms with Gasteiger partial charge in [0.05, 0.1) is 6.17 Å². The van der Waals surface area contributed by atoms with E-state index in [1.54, 1.807) is 0 Å². The molecule has 1 aliphatic rings. The number of hydrogen-bond donors (Lipinski definition) is 1. The first-order chi connectivity index (χ1) is 5.93. The van der Waals surface area contributed by atoms with Crippen LogP contribution in [0.25, 0.3) is 0 Å². The molecule has 0 radical (unpaired) electrons. The van der Waals surface area contributed by atoms with Gasteiger partial charge in [0.25, 0.3) is 0 Å². The summed E-state index contributed by atoms with van der Waals surface area (Å²) in [6.45, 7) is 3.22. The van der Waals surface area contributed by atoms with E-state index in [1.165, 1.54) is 38.5 Å². The molecule has 0 aliphatic carbocycles. The lowest BCUT2D eigenvalue weighted by atomic mass is 10.1. The monoisotopic (exact) mass is 168 g/mol. The Kier molecular flexibility index (Phi) is 5.00. The van der Waals surface area contributed by atoms with Crippen LogP contribution in [-0.4, -0.2) is 18.9 Å². The summed E-state index contributed by atoms with van der Waals surface area (Å²) in [7, 11) is 0. The quantitative estimate of drug-likeness (QED) is 0.605. The SMILES string of the molecule is CCCCCCCC1N=CCN1. The predicted molar refractivity (Wildman–Crippen MR) is 53.7 cm³/mol. The largest absolute Gasteiger partial charge is 0.291 e. The molecule has 0 bridgehead atoms. The first-order valence-electron chi connectivity index (χ1n) is 5.18. The maximum absolute atomic E-state index is 4.32. The number of nitrogens with one attached hydrogen (secondary N) is 1. The van der Waals surface area contributed by atoms with Crippen molar-refractivity contribution in [2.45, 2.75) is 51.6 Å². The summed E-state index contributed by atoms with van der Waals surface area (Å²) in [5, 5.41) is 3.33. The van der Waals surface area contributed by atoms with Gasteiger partial charge < -0.3 is 0 Å². The van der Waals surface area contributed by atoms with Gasteiger partial charge in [0.15, 0.2) is 0 Å². The molecule has 1 unspecified atom stereocenters. The Morgan fingerprint density at radius 3 is 2.83 bits per heavy atom. The molecule has 1 aliphatic heterocycles. The van der Waals surface area contributed by atoms with Crippen LogP contribution < -0.4 is 5.32 Å². The highest BCUT2D eigenvalue weighted by atomic mass is 15.1. The second-order valence-electron chi connectivity index (χ2n) is 3.46. The van der Waals surface area contributed by atoms with Crippen molar-refractivity contribution in [1.29, 1.82) is 0 Å². The normalized spacial score (nSPS) is 21.9. The van der Waals surface area contributed by atoms with E-state index in [9.17, 15) is 0 Å². The maximum atomic E-state index is 4.32. The molecule has 0 fully saturated rings. The molecule has 12 heavy (non-hydrogen) atoms. The highest BCUT2D eigenvalue weighted by Crippen LogP contribution is 2.08. The molecule has 0 aromatic rings. The van der Waals surface area contributed by atoms with Crippen molar-refractivity contribution in [2.75, 3.05) is 6.54 Å². The molecule has 0 saturated heterocycles. The van der Waals surface area contributed by atoms with Crippen LogP contribution in [0.2, 0.25) is 0 Å². The van der Waals surface area contributed by atoms with Gasteiger partial charge in [-0.15, -0.1) is 0 Å². The van der Waals surface area contributed by atoms with Gasteiger partial charge >= 0.3 is 0 Å². The average Bonchev–Trinajstić information content (AvgIpc) is 2.57. The number of aliphatic imine (C=N–C) groups is 1. The van der Waals surface area contributed by atoms with Crippen molar-refractivity contribution >= 4 is 6.21 Å². The topological polar surface area (TPSA) is 24.4 Å². The van der Waals surface area contributed by atoms with Crippen LogP contribution >= 0.6 is 0 Å². The van der Waals surface area contributed by atoms with Crippen molar-refractivity contribution in [2.24, 2.45) is 4.99 Å². The van der Waals surface area contributed by atoms with Crippen molar-refractivity contribution in [1.82, 2.24) is 5.32 Å². The summed E-state index contributed by atoms with van der Waals surface area (Å²) < 4.78 is 0. The third-order valence-electron chi connectivity index (χ3n) is 2.31. The Hall–Kier alpha value is -0.370. The molecule has 1 N–H and O–H groups in total. The number of rotatable bonds is 6. The molecule has 2 heteroatoms. The van der Waals surface area contributed by atoms with E-state index in [0.717, 1.165) is 6.54 Å². The molecule has 1 atom stereocenters. The van der Waals surface area contributed by atoms with Crippen LogP contribution in [0.3, 0.4) is 0 Å². The average molecular weight is 168 g/mol. The zero-order chi connectivity index (χ0) is 8.65. The first-order valence-corrected chi connectivity index (χ1v) is 5.18. The summed E-state index contributed by atoms with van der Waals surface area (Å²) in [5.74, 6) is 0. The molecular formula is C10H20N2. The molecule has 2 nitrogen and oxygen atoms in total. The Labute approximate surface area is 75.5 Å². The lowest BCUT2D eigenvalue weighted by Gasteiger charge is -2.06. The van der Waals surface area contributed by atoms with E-state index >= 15 is 0 Å². The van der Waals surface area contributed by atoms with Crippen LogP contribution in [0.1, 0.15) is 45.4 Å². The van der Waals surface area contributed by atoms with Crippen LogP contribution in [0, 0.1) is 0 Å². The molecule has 70 valence electrons. The van der Waals surface area contributed by atoms with Gasteiger partial charge in [-0.3, -0.25) is 10.3 Å². The Morgan fingerprint density at radius 1 is 1.33 bits per heavy atom. The molecule has 0 spiro atoms. The van der Waals surface area contributed by atoms with E-state index in [1.807, 2.05) is 6.21 Å². The molecular weight excluding hydrogens is 148 g/mol. The third kappa shape index (κ3) is 3.86. The van der Waals surface area contributed by atoms with Gasteiger partial charge in [-0.05, 0) is 12.8 Å². The van der Waals surface area contributed by atoms with E-state index < -0.39 is 0 Å². The Balaban J connectivity index is 1.85. The second-order valence-corrected chi connectivity index (χ2v) is 3.46. The highest BCUT2D eigenvalue weighted by molar-refractivity contribution is 5.61. The third-order valence-corrected chi connectivity index (χ3v) is 2.31. The van der Waals surface area contributed by atoms with Gasteiger partial charge in [-0.2, -0.15) is 0 Å². The van der Waals surface area contributed by atoms with Gasteiger partial charge in [0.1, 0.15) is 0 Å². The molecule has 1 heterocycles. The molecule has 0 saturated carbocycles. The minimum atomic E-state index is 0.437. The standard InChI is InChI=1S/C10H20N2/c1-2-3-4-5-6-7-10-11-8-9-12-10/h8,10,12H,2-7,9H2,1H3. The number of nitrogens with zero attached hydrogens (tertiary/aromatic N) is 1. The van der Waals surface area contributed by atoms with Gasteiger partial charge in [-0.25, -0.2) is 0 Å². The van der Waals surface area contributed by atoms with Crippen molar-refractivity contribution in [3.05, 3.63) is 0 Å². The van der Waals surface area contributed by atoms with Crippen LogP contribution in [0.15, 0.2) is 4.99 Å². The summed E-state index contributed by atoms with van der Waals surface area (Å²) in [6, 6.07) is 0. The lowest BCUT2D eigenvalue weighted by Crippen LogP contribution is -2.21. The first kappa shape index (κ1) is 9.72. The van der Waals surface area contributed by atoms with E-state index in [2.05, 4.69) is 17.2 Å². The zero-order valence-corrected chi connectivity index (χ0v) is 8.05. The van der Waals surface area contributed by atoms with Crippen molar-refractivity contribution in [3.63, 3.8) is 0 Å². The molecule has 0 aromatic carbocycles.